The van der Waals surface area contributed by atoms with E-state index in [9.17, 15) is 0 Å². The third-order valence-electron chi connectivity index (χ3n) is 3.25. The maximum absolute atomic E-state index is 4.15. The zero-order valence-electron chi connectivity index (χ0n) is 11.4. The van der Waals surface area contributed by atoms with Crippen LogP contribution in [0.5, 0.6) is 0 Å². The molecule has 0 amide bonds. The molecule has 0 radical (unpaired) electrons. The van der Waals surface area contributed by atoms with Crippen LogP contribution in [-0.2, 0) is 6.42 Å². The van der Waals surface area contributed by atoms with E-state index in [-0.39, 0.29) is 0 Å². The molecule has 0 aromatic carbocycles. The Labute approximate surface area is 106 Å². The zero-order chi connectivity index (χ0) is 12.5. The van der Waals surface area contributed by atoms with E-state index in [0.29, 0.717) is 6.04 Å². The number of nitrogens with zero attached hydrogens (tertiary/aromatic N) is 1. The van der Waals surface area contributed by atoms with Gasteiger partial charge < -0.3 is 5.32 Å². The van der Waals surface area contributed by atoms with Crippen molar-refractivity contribution in [3.8, 4) is 0 Å². The molecule has 1 aromatic rings. The second-order valence-corrected chi connectivity index (χ2v) is 5.21. The highest BCUT2D eigenvalue weighted by Gasteiger charge is 2.06. The quantitative estimate of drug-likeness (QED) is 0.745. The van der Waals surface area contributed by atoms with Crippen molar-refractivity contribution in [1.29, 1.82) is 0 Å². The molecular formula is C15H26N2. The molecule has 0 saturated carbocycles. The Balaban J connectivity index is 2.23. The van der Waals surface area contributed by atoms with Gasteiger partial charge in [-0.25, -0.2) is 0 Å². The van der Waals surface area contributed by atoms with Crippen molar-refractivity contribution in [3.05, 3.63) is 30.1 Å². The van der Waals surface area contributed by atoms with E-state index >= 15 is 0 Å². The second-order valence-electron chi connectivity index (χ2n) is 5.21. The molecule has 0 bridgehead atoms. The number of hydrogen-bond acceptors (Lipinski definition) is 2. The second kappa shape index (κ2) is 8.24. The van der Waals surface area contributed by atoms with Gasteiger partial charge in [0.05, 0.1) is 0 Å². The highest BCUT2D eigenvalue weighted by Crippen LogP contribution is 2.12. The van der Waals surface area contributed by atoms with Gasteiger partial charge in [0.1, 0.15) is 0 Å². The average Bonchev–Trinajstić information content (AvgIpc) is 2.34. The number of aryl methyl sites for hydroxylation is 1. The van der Waals surface area contributed by atoms with E-state index < -0.39 is 0 Å². The molecule has 17 heavy (non-hydrogen) atoms. The topological polar surface area (TPSA) is 24.9 Å². The Morgan fingerprint density at radius 3 is 2.65 bits per heavy atom. The number of hydrogen-bond donors (Lipinski definition) is 1. The maximum Gasteiger partial charge on any atom is 0.0299 e. The largest absolute Gasteiger partial charge is 0.317 e. The number of pyridine rings is 1. The minimum absolute atomic E-state index is 0.647. The molecular weight excluding hydrogens is 208 g/mol. The first-order chi connectivity index (χ1) is 8.22. The summed E-state index contributed by atoms with van der Waals surface area (Å²) in [5.74, 6) is 0.825. The van der Waals surface area contributed by atoms with Crippen molar-refractivity contribution in [1.82, 2.24) is 10.3 Å². The smallest absolute Gasteiger partial charge is 0.0299 e. The van der Waals surface area contributed by atoms with Crippen LogP contribution in [-0.4, -0.2) is 18.1 Å². The molecule has 0 saturated heterocycles. The molecule has 1 unspecified atom stereocenters. The summed E-state index contributed by atoms with van der Waals surface area (Å²) in [5.41, 5.74) is 1.34. The molecule has 1 rings (SSSR count). The lowest BCUT2D eigenvalue weighted by Gasteiger charge is -2.16. The Kier molecular flexibility index (Phi) is 6.87. The predicted molar refractivity (Wildman–Crippen MR) is 74.1 cm³/mol. The van der Waals surface area contributed by atoms with Gasteiger partial charge in [0.25, 0.3) is 0 Å². The van der Waals surface area contributed by atoms with E-state index in [1.165, 1.54) is 31.2 Å². The monoisotopic (exact) mass is 234 g/mol. The molecule has 2 heteroatoms. The van der Waals surface area contributed by atoms with Gasteiger partial charge in [-0.1, -0.05) is 32.8 Å². The highest BCUT2D eigenvalue weighted by atomic mass is 14.9. The zero-order valence-corrected chi connectivity index (χ0v) is 11.4. The summed E-state index contributed by atoms with van der Waals surface area (Å²) in [6, 6.07) is 4.82. The summed E-state index contributed by atoms with van der Waals surface area (Å²) >= 11 is 0. The van der Waals surface area contributed by atoms with Crippen LogP contribution in [0, 0.1) is 5.92 Å². The van der Waals surface area contributed by atoms with Crippen LogP contribution in [0.3, 0.4) is 0 Å². The fourth-order valence-corrected chi connectivity index (χ4v) is 2.09. The standard InChI is InChI=1S/C15H26N2/c1-13(2)6-4-8-15(16-3)10-9-14-7-5-11-17-12-14/h5,7,11-13,15-16H,4,6,8-10H2,1-3H3. The third kappa shape index (κ3) is 6.42. The Morgan fingerprint density at radius 1 is 1.24 bits per heavy atom. The molecule has 0 fully saturated rings. The fourth-order valence-electron chi connectivity index (χ4n) is 2.09. The van der Waals surface area contributed by atoms with Crippen molar-refractivity contribution in [3.63, 3.8) is 0 Å². The molecule has 0 spiro atoms. The van der Waals surface area contributed by atoms with Crippen LogP contribution < -0.4 is 5.32 Å². The maximum atomic E-state index is 4.15. The lowest BCUT2D eigenvalue weighted by Crippen LogP contribution is -2.25. The predicted octanol–water partition coefficient (Wildman–Crippen LogP) is 3.43. The van der Waals surface area contributed by atoms with Gasteiger partial charge in [-0.15, -0.1) is 0 Å². The Hall–Kier alpha value is -0.890. The van der Waals surface area contributed by atoms with Gasteiger partial charge in [-0.05, 0) is 43.9 Å². The molecule has 2 nitrogen and oxygen atoms in total. The molecule has 96 valence electrons. The van der Waals surface area contributed by atoms with E-state index in [1.54, 1.807) is 0 Å². The van der Waals surface area contributed by atoms with Crippen molar-refractivity contribution in [2.75, 3.05) is 7.05 Å². The van der Waals surface area contributed by atoms with Crippen molar-refractivity contribution in [2.45, 2.75) is 52.0 Å². The van der Waals surface area contributed by atoms with Crippen molar-refractivity contribution in [2.24, 2.45) is 5.92 Å². The lowest BCUT2D eigenvalue weighted by atomic mass is 9.99. The number of nitrogens with one attached hydrogen (secondary N) is 1. The minimum atomic E-state index is 0.647. The molecule has 1 heterocycles. The third-order valence-corrected chi connectivity index (χ3v) is 3.25. The molecule has 1 aromatic heterocycles. The lowest BCUT2D eigenvalue weighted by molar-refractivity contribution is 0.440. The molecule has 0 aliphatic carbocycles. The SMILES string of the molecule is CNC(CCCC(C)C)CCc1cccnc1. The van der Waals surface area contributed by atoms with Crippen LogP contribution in [0.1, 0.15) is 45.1 Å². The Bertz CT molecular complexity index is 282. The summed E-state index contributed by atoms with van der Waals surface area (Å²) < 4.78 is 0. The van der Waals surface area contributed by atoms with Crippen molar-refractivity contribution < 1.29 is 0 Å². The van der Waals surface area contributed by atoms with Gasteiger partial charge >= 0.3 is 0 Å². The summed E-state index contributed by atoms with van der Waals surface area (Å²) in [5, 5.41) is 3.43. The van der Waals surface area contributed by atoms with Crippen LogP contribution in [0.15, 0.2) is 24.5 Å². The van der Waals surface area contributed by atoms with Gasteiger partial charge in [-0.3, -0.25) is 4.98 Å². The van der Waals surface area contributed by atoms with Crippen LogP contribution in [0.2, 0.25) is 0 Å². The van der Waals surface area contributed by atoms with Crippen LogP contribution >= 0.6 is 0 Å². The van der Waals surface area contributed by atoms with E-state index in [2.05, 4.69) is 37.3 Å². The first kappa shape index (κ1) is 14.2. The van der Waals surface area contributed by atoms with Crippen LogP contribution in [0.4, 0.5) is 0 Å². The molecule has 0 aliphatic rings. The Morgan fingerprint density at radius 2 is 2.06 bits per heavy atom. The summed E-state index contributed by atoms with van der Waals surface area (Å²) in [4.78, 5) is 4.15. The van der Waals surface area contributed by atoms with Crippen LogP contribution in [0.25, 0.3) is 0 Å². The summed E-state index contributed by atoms with van der Waals surface area (Å²) in [6.07, 6.45) is 10.1. The first-order valence-corrected chi connectivity index (χ1v) is 6.78. The average molecular weight is 234 g/mol. The van der Waals surface area contributed by atoms with E-state index in [4.69, 9.17) is 0 Å². The van der Waals surface area contributed by atoms with Gasteiger partial charge in [0, 0.05) is 18.4 Å². The van der Waals surface area contributed by atoms with E-state index in [1.807, 2.05) is 18.5 Å². The highest BCUT2D eigenvalue weighted by molar-refractivity contribution is 5.08. The molecule has 1 N–H and O–H groups in total. The summed E-state index contributed by atoms with van der Waals surface area (Å²) in [7, 11) is 2.07. The number of aromatic nitrogens is 1. The number of rotatable bonds is 8. The molecule has 1 atom stereocenters. The minimum Gasteiger partial charge on any atom is -0.317 e. The molecule has 0 aliphatic heterocycles. The normalized spacial score (nSPS) is 12.9. The van der Waals surface area contributed by atoms with Gasteiger partial charge in [-0.2, -0.15) is 0 Å². The summed E-state index contributed by atoms with van der Waals surface area (Å²) in [6.45, 7) is 4.59. The fraction of sp³-hybridized carbons (Fsp3) is 0.667. The van der Waals surface area contributed by atoms with E-state index in [0.717, 1.165) is 12.3 Å². The van der Waals surface area contributed by atoms with Gasteiger partial charge in [0.15, 0.2) is 0 Å². The van der Waals surface area contributed by atoms with Gasteiger partial charge in [0.2, 0.25) is 0 Å². The first-order valence-electron chi connectivity index (χ1n) is 6.78. The van der Waals surface area contributed by atoms with Crippen molar-refractivity contribution >= 4 is 0 Å².